The topological polar surface area (TPSA) is 137 Å². The van der Waals surface area contributed by atoms with Gasteiger partial charge in [-0.1, -0.05) is 6.07 Å². The molecule has 1 aliphatic heterocycles. The van der Waals surface area contributed by atoms with Crippen molar-refractivity contribution in [2.45, 2.75) is 50.0 Å². The Hall–Kier alpha value is -5.04. The molecule has 6 rings (SSSR count). The molecule has 9 nitrogen and oxygen atoms in total. The zero-order valence-electron chi connectivity index (χ0n) is 25.3. The van der Waals surface area contributed by atoms with Gasteiger partial charge in [-0.2, -0.15) is 13.2 Å². The molecule has 2 atom stereocenters. The molecule has 2 amide bonds. The first kappa shape index (κ1) is 31.9. The van der Waals surface area contributed by atoms with E-state index in [2.05, 4.69) is 15.3 Å². The zero-order valence-corrected chi connectivity index (χ0v) is 25.3. The molecule has 2 aromatic heterocycles. The highest BCUT2D eigenvalue weighted by Gasteiger charge is 2.45. The highest BCUT2D eigenvalue weighted by Crippen LogP contribution is 2.45. The van der Waals surface area contributed by atoms with Gasteiger partial charge in [0.2, 0.25) is 5.91 Å². The van der Waals surface area contributed by atoms with Crippen LogP contribution in [0.4, 0.5) is 17.6 Å². The molecule has 0 bridgehead atoms. The summed E-state index contributed by atoms with van der Waals surface area (Å²) in [6, 6.07) is 13.7. The minimum atomic E-state index is -4.61. The number of primary amides is 1. The molecule has 2 aromatic carbocycles. The Bertz CT molecular complexity index is 1860. The van der Waals surface area contributed by atoms with Gasteiger partial charge in [0.1, 0.15) is 46.3 Å². The van der Waals surface area contributed by atoms with Gasteiger partial charge in [0.15, 0.2) is 0 Å². The van der Waals surface area contributed by atoms with E-state index < -0.39 is 40.5 Å². The van der Waals surface area contributed by atoms with Gasteiger partial charge in [0, 0.05) is 34.0 Å². The van der Waals surface area contributed by atoms with E-state index in [4.69, 9.17) is 15.2 Å². The molecule has 244 valence electrons. The third kappa shape index (κ3) is 6.35. The van der Waals surface area contributed by atoms with Crippen molar-refractivity contribution in [3.8, 4) is 33.9 Å². The monoisotopic (exact) mass is 650 g/mol. The molecule has 4 N–H and O–H groups in total. The van der Waals surface area contributed by atoms with Crippen LogP contribution in [0, 0.1) is 5.82 Å². The average Bonchev–Trinajstić information content (AvgIpc) is 3.79. The normalized spacial score (nSPS) is 18.5. The van der Waals surface area contributed by atoms with Gasteiger partial charge in [-0.15, -0.1) is 0 Å². The molecule has 0 saturated heterocycles. The minimum Gasteiger partial charge on any atom is -0.490 e. The van der Waals surface area contributed by atoms with Crippen molar-refractivity contribution in [2.75, 3.05) is 13.2 Å². The van der Waals surface area contributed by atoms with Crippen LogP contribution in [-0.4, -0.2) is 46.1 Å². The summed E-state index contributed by atoms with van der Waals surface area (Å²) in [5, 5.41) is 14.3. The van der Waals surface area contributed by atoms with Gasteiger partial charge in [0.05, 0.1) is 18.3 Å². The number of aliphatic hydroxyl groups is 1. The number of fused-ring (bicyclic) bond motifs is 1. The van der Waals surface area contributed by atoms with E-state index in [1.54, 1.807) is 13.0 Å². The van der Waals surface area contributed by atoms with Crippen molar-refractivity contribution in [1.29, 1.82) is 0 Å². The van der Waals surface area contributed by atoms with Crippen LogP contribution in [0.5, 0.6) is 11.5 Å². The van der Waals surface area contributed by atoms with Crippen LogP contribution >= 0.6 is 0 Å². The maximum atomic E-state index is 13.7. The van der Waals surface area contributed by atoms with Crippen LogP contribution in [0.15, 0.2) is 66.9 Å². The Balaban J connectivity index is 1.29. The van der Waals surface area contributed by atoms with Crippen molar-refractivity contribution < 1.29 is 41.7 Å². The lowest BCUT2D eigenvalue weighted by Crippen LogP contribution is -2.41. The Morgan fingerprint density at radius 3 is 2.38 bits per heavy atom. The largest absolute Gasteiger partial charge is 0.490 e. The summed E-state index contributed by atoms with van der Waals surface area (Å²) in [5.41, 5.74) is 3.73. The number of nitrogens with zero attached hydrogens (tertiary/aromatic N) is 2. The number of carbonyl (C=O) groups excluding carboxylic acids is 2. The summed E-state index contributed by atoms with van der Waals surface area (Å²) < 4.78 is 64.8. The standard InChI is InChI=1S/C34H30F4N4O5/c1-32(31(39)44)17-46-29-24(32)14-27(42-28(29)18-3-7-21(35)8-4-18)33(2,45)16-41-30(43)19-5-11-25(47-22-9-10-22)23(13-19)20-6-12-26(40-15-20)34(36,37)38/h3-8,11-15,22,45H,9-10,16-17H2,1-2H3,(H2,39,44)(H,41,43)/t32-,33-/m0/s1. The third-order valence-corrected chi connectivity index (χ3v) is 8.30. The number of nitrogens with one attached hydrogen (secondary N) is 1. The second-order valence-corrected chi connectivity index (χ2v) is 12.1. The quantitative estimate of drug-likeness (QED) is 0.210. The Kier molecular flexibility index (Phi) is 7.91. The van der Waals surface area contributed by atoms with Gasteiger partial charge in [-0.25, -0.2) is 9.37 Å². The van der Waals surface area contributed by atoms with Crippen LogP contribution in [0.3, 0.4) is 0 Å². The number of alkyl halides is 3. The number of nitrogens with two attached hydrogens (primary N) is 1. The molecule has 4 aromatic rings. The smallest absolute Gasteiger partial charge is 0.433 e. The predicted molar refractivity (Wildman–Crippen MR) is 162 cm³/mol. The third-order valence-electron chi connectivity index (χ3n) is 8.30. The van der Waals surface area contributed by atoms with E-state index in [1.807, 2.05) is 0 Å². The number of benzene rings is 2. The number of amides is 2. The van der Waals surface area contributed by atoms with Crippen molar-refractivity contribution >= 4 is 11.8 Å². The summed E-state index contributed by atoms with van der Waals surface area (Å²) in [6.07, 6.45) is -1.87. The first-order valence-corrected chi connectivity index (χ1v) is 14.8. The van der Waals surface area contributed by atoms with Crippen molar-refractivity contribution in [3.63, 3.8) is 0 Å². The van der Waals surface area contributed by atoms with Crippen molar-refractivity contribution in [1.82, 2.24) is 15.3 Å². The van der Waals surface area contributed by atoms with E-state index in [0.29, 0.717) is 28.0 Å². The molecule has 2 aliphatic rings. The molecule has 1 fully saturated rings. The second kappa shape index (κ2) is 11.6. The molecule has 0 unspecified atom stereocenters. The number of pyridine rings is 2. The number of ether oxygens (including phenoxy) is 2. The molecular weight excluding hydrogens is 620 g/mol. The average molecular weight is 651 g/mol. The fourth-order valence-electron chi connectivity index (χ4n) is 5.20. The minimum absolute atomic E-state index is 0.0210. The van der Waals surface area contributed by atoms with Crippen LogP contribution < -0.4 is 20.5 Å². The molecule has 1 aliphatic carbocycles. The lowest BCUT2D eigenvalue weighted by molar-refractivity contribution is -0.141. The molecular formula is C34H30F4N4O5. The van der Waals surface area contributed by atoms with Gasteiger partial charge in [-0.05, 0) is 81.3 Å². The molecule has 13 heteroatoms. The highest BCUT2D eigenvalue weighted by atomic mass is 19.4. The summed E-state index contributed by atoms with van der Waals surface area (Å²) in [4.78, 5) is 34.0. The number of aromatic nitrogens is 2. The van der Waals surface area contributed by atoms with Crippen LogP contribution in [0.1, 0.15) is 54.0 Å². The predicted octanol–water partition coefficient (Wildman–Crippen LogP) is 5.28. The molecule has 1 saturated carbocycles. The molecule has 0 radical (unpaired) electrons. The molecule has 47 heavy (non-hydrogen) atoms. The number of halogens is 4. The Morgan fingerprint density at radius 2 is 1.77 bits per heavy atom. The number of hydrogen-bond acceptors (Lipinski definition) is 7. The highest BCUT2D eigenvalue weighted by molar-refractivity contribution is 5.96. The summed E-state index contributed by atoms with van der Waals surface area (Å²) in [5.74, 6) is -1.04. The SMILES string of the molecule is C[C@](O)(CNC(=O)c1ccc(OC2CC2)c(-c2ccc(C(F)(F)F)nc2)c1)c1cc2c(c(-c3ccc(F)cc3)n1)OC[C@]2(C)C(N)=O. The fourth-order valence-corrected chi connectivity index (χ4v) is 5.20. The van der Waals surface area contributed by atoms with E-state index in [-0.39, 0.29) is 42.0 Å². The van der Waals surface area contributed by atoms with Gasteiger partial charge >= 0.3 is 6.18 Å². The number of hydrogen-bond donors (Lipinski definition) is 3. The Morgan fingerprint density at radius 1 is 1.06 bits per heavy atom. The first-order valence-electron chi connectivity index (χ1n) is 14.8. The maximum Gasteiger partial charge on any atom is 0.433 e. The summed E-state index contributed by atoms with van der Waals surface area (Å²) >= 11 is 0. The molecule has 0 spiro atoms. The van der Waals surface area contributed by atoms with Crippen LogP contribution in [0.25, 0.3) is 22.4 Å². The first-order chi connectivity index (χ1) is 22.2. The lowest BCUT2D eigenvalue weighted by atomic mass is 9.82. The van der Waals surface area contributed by atoms with Crippen LogP contribution in [0.2, 0.25) is 0 Å². The van der Waals surface area contributed by atoms with Gasteiger partial charge in [0.25, 0.3) is 5.91 Å². The van der Waals surface area contributed by atoms with Gasteiger partial charge in [-0.3, -0.25) is 14.6 Å². The molecule has 3 heterocycles. The maximum absolute atomic E-state index is 13.7. The fraction of sp³-hybridized carbons (Fsp3) is 0.294. The summed E-state index contributed by atoms with van der Waals surface area (Å²) in [6.45, 7) is 2.65. The zero-order chi connectivity index (χ0) is 33.7. The van der Waals surface area contributed by atoms with E-state index in [1.165, 1.54) is 55.5 Å². The second-order valence-electron chi connectivity index (χ2n) is 12.1. The summed E-state index contributed by atoms with van der Waals surface area (Å²) in [7, 11) is 0. The van der Waals surface area contributed by atoms with Gasteiger partial charge < -0.3 is 25.6 Å². The van der Waals surface area contributed by atoms with E-state index in [0.717, 1.165) is 25.1 Å². The Labute approximate surface area is 266 Å². The lowest BCUT2D eigenvalue weighted by Gasteiger charge is -2.26. The van der Waals surface area contributed by atoms with E-state index >= 15 is 0 Å². The number of carbonyl (C=O) groups is 2. The van der Waals surface area contributed by atoms with Crippen LogP contribution in [-0.2, 0) is 22.0 Å². The van der Waals surface area contributed by atoms with E-state index in [9.17, 15) is 32.3 Å². The van der Waals surface area contributed by atoms with Crippen molar-refractivity contribution in [3.05, 3.63) is 95.2 Å². The number of rotatable bonds is 9. The van der Waals surface area contributed by atoms with Crippen molar-refractivity contribution in [2.24, 2.45) is 5.73 Å².